The maximum absolute atomic E-state index is 12.6. The number of carbonyl (C=O) groups is 1. The van der Waals surface area contributed by atoms with Crippen molar-refractivity contribution in [2.24, 2.45) is 7.05 Å². The highest BCUT2D eigenvalue weighted by Gasteiger charge is 2.22. The topological polar surface area (TPSA) is 58.4 Å². The van der Waals surface area contributed by atoms with Crippen molar-refractivity contribution in [2.75, 3.05) is 7.05 Å². The zero-order chi connectivity index (χ0) is 15.6. The molecule has 1 atom stereocenters. The molecule has 1 unspecified atom stereocenters. The number of nitrogens with zero attached hydrogens (tertiary/aromatic N) is 3. The third-order valence-corrected chi connectivity index (χ3v) is 3.75. The number of amides is 1. The van der Waals surface area contributed by atoms with Gasteiger partial charge in [0.15, 0.2) is 0 Å². The molecule has 0 saturated heterocycles. The van der Waals surface area contributed by atoms with Crippen LogP contribution in [0.1, 0.15) is 41.5 Å². The monoisotopic (exact) mass is 287 g/mol. The minimum absolute atomic E-state index is 0.0412. The molecule has 0 aliphatic rings. The number of phenolic OH excluding ortho intramolecular Hbond substituents is 1. The molecule has 1 heterocycles. The van der Waals surface area contributed by atoms with Crippen LogP contribution in [-0.4, -0.2) is 32.7 Å². The fourth-order valence-corrected chi connectivity index (χ4v) is 2.32. The second-order valence-electron chi connectivity index (χ2n) is 5.20. The molecule has 0 saturated carbocycles. The molecular formula is C16H21N3O2. The summed E-state index contributed by atoms with van der Waals surface area (Å²) in [7, 11) is 3.60. The first-order chi connectivity index (χ1) is 9.93. The highest BCUT2D eigenvalue weighted by molar-refractivity contribution is 5.95. The van der Waals surface area contributed by atoms with Crippen LogP contribution in [0.3, 0.4) is 0 Å². The van der Waals surface area contributed by atoms with Gasteiger partial charge in [0.2, 0.25) is 0 Å². The molecule has 5 heteroatoms. The summed E-state index contributed by atoms with van der Waals surface area (Å²) >= 11 is 0. The fourth-order valence-electron chi connectivity index (χ4n) is 2.32. The minimum atomic E-state index is -0.0805. The molecule has 5 nitrogen and oxygen atoms in total. The summed E-state index contributed by atoms with van der Waals surface area (Å²) in [6.07, 6.45) is 2.49. The second kappa shape index (κ2) is 5.99. The summed E-state index contributed by atoms with van der Waals surface area (Å²) in [4.78, 5) is 14.3. The predicted octanol–water partition coefficient (Wildman–Crippen LogP) is 2.52. The highest BCUT2D eigenvalue weighted by Crippen LogP contribution is 2.23. The average molecular weight is 287 g/mol. The molecule has 0 bridgehead atoms. The minimum Gasteiger partial charge on any atom is -0.508 e. The quantitative estimate of drug-likeness (QED) is 0.940. The first kappa shape index (κ1) is 15.1. The van der Waals surface area contributed by atoms with Crippen molar-refractivity contribution in [1.82, 2.24) is 14.7 Å². The van der Waals surface area contributed by atoms with E-state index < -0.39 is 0 Å². The fraction of sp³-hybridized carbons (Fsp3) is 0.375. The largest absolute Gasteiger partial charge is 0.508 e. The Bertz CT molecular complexity index is 631. The van der Waals surface area contributed by atoms with E-state index in [1.807, 2.05) is 33.0 Å². The Hall–Kier alpha value is -2.30. The highest BCUT2D eigenvalue weighted by atomic mass is 16.3. The third kappa shape index (κ3) is 3.07. The van der Waals surface area contributed by atoms with E-state index in [1.54, 1.807) is 35.0 Å². The van der Waals surface area contributed by atoms with Crippen molar-refractivity contribution in [2.45, 2.75) is 26.3 Å². The molecule has 2 aromatic rings. The summed E-state index contributed by atoms with van der Waals surface area (Å²) in [5, 5.41) is 13.7. The van der Waals surface area contributed by atoms with Crippen LogP contribution in [0.25, 0.3) is 0 Å². The Labute approximate surface area is 124 Å². The van der Waals surface area contributed by atoms with E-state index >= 15 is 0 Å². The van der Waals surface area contributed by atoms with E-state index in [1.165, 1.54) is 0 Å². The van der Waals surface area contributed by atoms with Gasteiger partial charge in [-0.1, -0.05) is 19.1 Å². The van der Waals surface area contributed by atoms with Gasteiger partial charge in [0, 0.05) is 20.3 Å². The van der Waals surface area contributed by atoms with Crippen molar-refractivity contribution < 1.29 is 9.90 Å². The molecule has 112 valence electrons. The number of hydrogen-bond donors (Lipinski definition) is 1. The number of aromatic nitrogens is 2. The van der Waals surface area contributed by atoms with Crippen LogP contribution >= 0.6 is 0 Å². The van der Waals surface area contributed by atoms with Gasteiger partial charge in [-0.3, -0.25) is 9.48 Å². The summed E-state index contributed by atoms with van der Waals surface area (Å²) in [5.41, 5.74) is 2.44. The number of carbonyl (C=O) groups excluding carboxylic acids is 1. The van der Waals surface area contributed by atoms with E-state index in [9.17, 15) is 9.90 Å². The van der Waals surface area contributed by atoms with Gasteiger partial charge in [-0.2, -0.15) is 5.10 Å². The molecule has 0 spiro atoms. The van der Waals surface area contributed by atoms with Gasteiger partial charge in [-0.15, -0.1) is 0 Å². The van der Waals surface area contributed by atoms with Crippen molar-refractivity contribution >= 4 is 5.91 Å². The maximum Gasteiger partial charge on any atom is 0.257 e. The normalized spacial score (nSPS) is 12.2. The lowest BCUT2D eigenvalue weighted by atomic mass is 10.1. The van der Waals surface area contributed by atoms with Gasteiger partial charge in [0.05, 0.1) is 17.3 Å². The van der Waals surface area contributed by atoms with E-state index in [-0.39, 0.29) is 17.7 Å². The summed E-state index contributed by atoms with van der Waals surface area (Å²) in [5.74, 6) is 0.181. The first-order valence-electron chi connectivity index (χ1n) is 7.02. The van der Waals surface area contributed by atoms with Crippen LogP contribution in [0, 0.1) is 0 Å². The van der Waals surface area contributed by atoms with Crippen LogP contribution in [0.15, 0.2) is 30.5 Å². The summed E-state index contributed by atoms with van der Waals surface area (Å²) in [6, 6.07) is 6.84. The van der Waals surface area contributed by atoms with Crippen molar-refractivity contribution in [3.05, 3.63) is 47.3 Å². The lowest BCUT2D eigenvalue weighted by Crippen LogP contribution is -2.30. The molecule has 2 rings (SSSR count). The Balaban J connectivity index is 2.23. The predicted molar refractivity (Wildman–Crippen MR) is 81.2 cm³/mol. The lowest BCUT2D eigenvalue weighted by molar-refractivity contribution is 0.0741. The Kier molecular flexibility index (Phi) is 4.31. The number of aryl methyl sites for hydroxylation is 2. The number of aromatic hydroxyl groups is 1. The van der Waals surface area contributed by atoms with Crippen LogP contribution in [0.4, 0.5) is 0 Å². The van der Waals surface area contributed by atoms with Crippen molar-refractivity contribution in [3.8, 4) is 5.75 Å². The SMILES string of the molecule is CCc1nn(C)cc1C(=O)N(C)C(C)c1ccc(O)cc1. The third-order valence-electron chi connectivity index (χ3n) is 3.75. The Morgan fingerprint density at radius 3 is 2.57 bits per heavy atom. The number of phenols is 1. The van der Waals surface area contributed by atoms with Crippen LogP contribution < -0.4 is 0 Å². The summed E-state index contributed by atoms with van der Waals surface area (Å²) < 4.78 is 1.67. The van der Waals surface area contributed by atoms with Gasteiger partial charge >= 0.3 is 0 Å². The molecule has 0 aliphatic carbocycles. The van der Waals surface area contributed by atoms with Gasteiger partial charge < -0.3 is 10.0 Å². The molecular weight excluding hydrogens is 266 g/mol. The zero-order valence-corrected chi connectivity index (χ0v) is 12.9. The standard InChI is InChI=1S/C16H21N3O2/c1-5-15-14(10-18(3)17-15)16(21)19(4)11(2)12-6-8-13(20)9-7-12/h6-11,20H,5H2,1-4H3. The Morgan fingerprint density at radius 1 is 1.38 bits per heavy atom. The lowest BCUT2D eigenvalue weighted by Gasteiger charge is -2.25. The molecule has 0 fully saturated rings. The second-order valence-corrected chi connectivity index (χ2v) is 5.20. The van der Waals surface area contributed by atoms with Gasteiger partial charge in [-0.05, 0) is 31.0 Å². The molecule has 1 aromatic heterocycles. The van der Waals surface area contributed by atoms with Crippen molar-refractivity contribution in [3.63, 3.8) is 0 Å². The molecule has 21 heavy (non-hydrogen) atoms. The van der Waals surface area contributed by atoms with Crippen LogP contribution in [-0.2, 0) is 13.5 Å². The first-order valence-corrected chi connectivity index (χ1v) is 7.02. The van der Waals surface area contributed by atoms with Crippen molar-refractivity contribution in [1.29, 1.82) is 0 Å². The van der Waals surface area contributed by atoms with Gasteiger partial charge in [0.25, 0.3) is 5.91 Å². The van der Waals surface area contributed by atoms with E-state index in [0.717, 1.165) is 17.7 Å². The van der Waals surface area contributed by atoms with E-state index in [0.29, 0.717) is 5.56 Å². The van der Waals surface area contributed by atoms with Gasteiger partial charge in [-0.25, -0.2) is 0 Å². The smallest absolute Gasteiger partial charge is 0.257 e. The van der Waals surface area contributed by atoms with Gasteiger partial charge in [0.1, 0.15) is 5.75 Å². The van der Waals surface area contributed by atoms with E-state index in [4.69, 9.17) is 0 Å². The Morgan fingerprint density at radius 2 is 2.00 bits per heavy atom. The van der Waals surface area contributed by atoms with E-state index in [2.05, 4.69) is 5.10 Å². The molecule has 1 N–H and O–H groups in total. The van der Waals surface area contributed by atoms with Crippen LogP contribution in [0.2, 0.25) is 0 Å². The zero-order valence-electron chi connectivity index (χ0n) is 12.9. The van der Waals surface area contributed by atoms with Crippen LogP contribution in [0.5, 0.6) is 5.75 Å². The maximum atomic E-state index is 12.6. The molecule has 1 amide bonds. The molecule has 0 aliphatic heterocycles. The molecule has 0 radical (unpaired) electrons. The number of hydrogen-bond acceptors (Lipinski definition) is 3. The summed E-state index contributed by atoms with van der Waals surface area (Å²) in [6.45, 7) is 3.95. The number of benzene rings is 1. The molecule has 1 aromatic carbocycles. The average Bonchev–Trinajstić information content (AvgIpc) is 2.86. The number of rotatable bonds is 4.